The lowest BCUT2D eigenvalue weighted by atomic mass is 10.2. The molecule has 70 valence electrons. The molecule has 0 aromatic carbocycles. The number of pyridine rings is 1. The Morgan fingerprint density at radius 2 is 2.46 bits per heavy atom. The number of hydrogen-bond donors (Lipinski definition) is 1. The lowest BCUT2D eigenvalue weighted by Gasteiger charge is -2.05. The average Bonchev–Trinajstić information content (AvgIpc) is 2.10. The molecule has 0 radical (unpaired) electrons. The standard InChI is InChI=1S/C8H9BrN2O2/c1-2-13-8(12)5-3-4-11-7(9)6(5)10/h3-4H,2,10H2,1H3. The molecule has 0 fully saturated rings. The van der Waals surface area contributed by atoms with Gasteiger partial charge in [0.2, 0.25) is 0 Å². The molecule has 0 aliphatic rings. The maximum atomic E-state index is 11.3. The van der Waals surface area contributed by atoms with Crippen LogP contribution in [0.25, 0.3) is 0 Å². The lowest BCUT2D eigenvalue weighted by Crippen LogP contribution is -2.08. The highest BCUT2D eigenvalue weighted by atomic mass is 79.9. The van der Waals surface area contributed by atoms with E-state index in [4.69, 9.17) is 10.5 Å². The van der Waals surface area contributed by atoms with Gasteiger partial charge in [0.15, 0.2) is 0 Å². The average molecular weight is 245 g/mol. The van der Waals surface area contributed by atoms with Crippen molar-refractivity contribution in [2.24, 2.45) is 0 Å². The van der Waals surface area contributed by atoms with E-state index in [1.54, 1.807) is 6.92 Å². The number of halogens is 1. The quantitative estimate of drug-likeness (QED) is 0.634. The SMILES string of the molecule is CCOC(=O)c1ccnc(Br)c1N. The summed E-state index contributed by atoms with van der Waals surface area (Å²) in [6, 6.07) is 1.53. The Balaban J connectivity index is 3.01. The second-order valence-corrected chi connectivity index (χ2v) is 3.03. The molecule has 0 amide bonds. The van der Waals surface area contributed by atoms with E-state index in [9.17, 15) is 4.79 Å². The van der Waals surface area contributed by atoms with Gasteiger partial charge in [0.1, 0.15) is 4.60 Å². The molecule has 0 aliphatic carbocycles. The third kappa shape index (κ3) is 2.18. The maximum Gasteiger partial charge on any atom is 0.340 e. The molecule has 0 saturated heterocycles. The summed E-state index contributed by atoms with van der Waals surface area (Å²) in [6.45, 7) is 2.07. The first-order valence-electron chi connectivity index (χ1n) is 3.74. The van der Waals surface area contributed by atoms with Crippen LogP contribution in [0.3, 0.4) is 0 Å². The summed E-state index contributed by atoms with van der Waals surface area (Å²) in [5, 5.41) is 0. The van der Waals surface area contributed by atoms with Crippen LogP contribution in [0, 0.1) is 0 Å². The molecule has 1 aromatic rings. The van der Waals surface area contributed by atoms with E-state index in [-0.39, 0.29) is 0 Å². The van der Waals surface area contributed by atoms with Crippen LogP contribution in [0.4, 0.5) is 5.69 Å². The number of ether oxygens (including phenoxy) is 1. The van der Waals surface area contributed by atoms with Gasteiger partial charge >= 0.3 is 5.97 Å². The Kier molecular flexibility index (Phi) is 3.25. The molecule has 0 aliphatic heterocycles. The topological polar surface area (TPSA) is 65.2 Å². The molecule has 1 aromatic heterocycles. The van der Waals surface area contributed by atoms with Crippen LogP contribution in [0.15, 0.2) is 16.9 Å². The Bertz CT molecular complexity index is 328. The minimum Gasteiger partial charge on any atom is -0.462 e. The monoisotopic (exact) mass is 244 g/mol. The number of rotatable bonds is 2. The number of aromatic nitrogens is 1. The summed E-state index contributed by atoms with van der Waals surface area (Å²) in [5.41, 5.74) is 6.25. The second kappa shape index (κ2) is 4.23. The van der Waals surface area contributed by atoms with Crippen LogP contribution < -0.4 is 5.73 Å². The molecule has 1 rings (SSSR count). The number of nitrogens with two attached hydrogens (primary N) is 1. The molecule has 2 N–H and O–H groups in total. The van der Waals surface area contributed by atoms with Gasteiger partial charge in [-0.25, -0.2) is 9.78 Å². The van der Waals surface area contributed by atoms with Crippen molar-refractivity contribution in [3.05, 3.63) is 22.4 Å². The van der Waals surface area contributed by atoms with Gasteiger partial charge < -0.3 is 10.5 Å². The van der Waals surface area contributed by atoms with Crippen molar-refractivity contribution in [3.8, 4) is 0 Å². The molecule has 0 bridgehead atoms. The summed E-state index contributed by atoms with van der Waals surface area (Å²) in [5.74, 6) is -0.428. The highest BCUT2D eigenvalue weighted by Gasteiger charge is 2.12. The Hall–Kier alpha value is -1.10. The maximum absolute atomic E-state index is 11.3. The number of hydrogen-bond acceptors (Lipinski definition) is 4. The molecule has 5 heteroatoms. The van der Waals surface area contributed by atoms with Crippen LogP contribution in [0.5, 0.6) is 0 Å². The van der Waals surface area contributed by atoms with Gasteiger partial charge in [-0.15, -0.1) is 0 Å². The zero-order chi connectivity index (χ0) is 9.84. The Morgan fingerprint density at radius 3 is 3.08 bits per heavy atom. The molecule has 4 nitrogen and oxygen atoms in total. The number of nitrogen functional groups attached to an aromatic ring is 1. The van der Waals surface area contributed by atoms with Crippen molar-refractivity contribution in [1.29, 1.82) is 0 Å². The summed E-state index contributed by atoms with van der Waals surface area (Å²) < 4.78 is 5.25. The minimum absolute atomic E-state index is 0.306. The third-order valence-electron chi connectivity index (χ3n) is 1.44. The molecule has 0 unspecified atom stereocenters. The first-order valence-corrected chi connectivity index (χ1v) is 4.53. The fourth-order valence-electron chi connectivity index (χ4n) is 0.835. The highest BCUT2D eigenvalue weighted by Crippen LogP contribution is 2.20. The smallest absolute Gasteiger partial charge is 0.340 e. The van der Waals surface area contributed by atoms with Crippen molar-refractivity contribution in [3.63, 3.8) is 0 Å². The largest absolute Gasteiger partial charge is 0.462 e. The molecule has 0 atom stereocenters. The Labute approximate surface area is 84.2 Å². The fourth-order valence-corrected chi connectivity index (χ4v) is 1.17. The van der Waals surface area contributed by atoms with Crippen molar-refractivity contribution < 1.29 is 9.53 Å². The van der Waals surface area contributed by atoms with E-state index < -0.39 is 5.97 Å². The van der Waals surface area contributed by atoms with Gasteiger partial charge in [-0.1, -0.05) is 0 Å². The molecular formula is C8H9BrN2O2. The zero-order valence-electron chi connectivity index (χ0n) is 7.08. The van der Waals surface area contributed by atoms with Crippen molar-refractivity contribution in [2.75, 3.05) is 12.3 Å². The summed E-state index contributed by atoms with van der Waals surface area (Å²) >= 11 is 3.12. The van der Waals surface area contributed by atoms with E-state index >= 15 is 0 Å². The normalized spacial score (nSPS) is 9.69. The highest BCUT2D eigenvalue weighted by molar-refractivity contribution is 9.10. The van der Waals surface area contributed by atoms with Gasteiger partial charge in [0.25, 0.3) is 0 Å². The summed E-state index contributed by atoms with van der Waals surface area (Å²) in [7, 11) is 0. The molecule has 13 heavy (non-hydrogen) atoms. The van der Waals surface area contributed by atoms with E-state index in [1.807, 2.05) is 0 Å². The fraction of sp³-hybridized carbons (Fsp3) is 0.250. The molecule has 1 heterocycles. The predicted octanol–water partition coefficient (Wildman–Crippen LogP) is 1.60. The van der Waals surface area contributed by atoms with Gasteiger partial charge in [-0.05, 0) is 28.9 Å². The van der Waals surface area contributed by atoms with E-state index in [1.165, 1.54) is 12.3 Å². The van der Waals surface area contributed by atoms with E-state index in [2.05, 4.69) is 20.9 Å². The third-order valence-corrected chi connectivity index (χ3v) is 2.07. The number of carbonyl (C=O) groups excluding carboxylic acids is 1. The van der Waals surface area contributed by atoms with Crippen LogP contribution in [0.2, 0.25) is 0 Å². The van der Waals surface area contributed by atoms with E-state index in [0.29, 0.717) is 22.5 Å². The van der Waals surface area contributed by atoms with Gasteiger partial charge in [0.05, 0.1) is 17.9 Å². The Morgan fingerprint density at radius 1 is 1.77 bits per heavy atom. The number of anilines is 1. The first kappa shape index (κ1) is 9.98. The molecular weight excluding hydrogens is 236 g/mol. The van der Waals surface area contributed by atoms with Crippen molar-refractivity contribution in [1.82, 2.24) is 4.98 Å². The first-order chi connectivity index (χ1) is 6.16. The van der Waals surface area contributed by atoms with Gasteiger partial charge in [-0.3, -0.25) is 0 Å². The van der Waals surface area contributed by atoms with Crippen LogP contribution in [-0.4, -0.2) is 17.6 Å². The summed E-state index contributed by atoms with van der Waals surface area (Å²) in [4.78, 5) is 15.1. The van der Waals surface area contributed by atoms with Gasteiger partial charge in [-0.2, -0.15) is 0 Å². The second-order valence-electron chi connectivity index (χ2n) is 2.28. The molecule has 0 spiro atoms. The number of nitrogens with zero attached hydrogens (tertiary/aromatic N) is 1. The lowest BCUT2D eigenvalue weighted by molar-refractivity contribution is 0.0527. The van der Waals surface area contributed by atoms with Crippen LogP contribution in [-0.2, 0) is 4.74 Å². The van der Waals surface area contributed by atoms with Crippen LogP contribution >= 0.6 is 15.9 Å². The summed E-state index contributed by atoms with van der Waals surface area (Å²) in [6.07, 6.45) is 1.49. The van der Waals surface area contributed by atoms with Crippen molar-refractivity contribution >= 4 is 27.6 Å². The molecule has 0 saturated carbocycles. The number of esters is 1. The van der Waals surface area contributed by atoms with Gasteiger partial charge in [0, 0.05) is 6.20 Å². The van der Waals surface area contributed by atoms with Crippen LogP contribution in [0.1, 0.15) is 17.3 Å². The van der Waals surface area contributed by atoms with Crippen molar-refractivity contribution in [2.45, 2.75) is 6.92 Å². The minimum atomic E-state index is -0.428. The number of carbonyl (C=O) groups is 1. The predicted molar refractivity (Wildman–Crippen MR) is 52.3 cm³/mol. The van der Waals surface area contributed by atoms with E-state index in [0.717, 1.165) is 0 Å². The zero-order valence-corrected chi connectivity index (χ0v) is 8.67.